The van der Waals surface area contributed by atoms with Gasteiger partial charge in [0.05, 0.1) is 11.5 Å². The molecule has 2 N–H and O–H groups in total. The Morgan fingerprint density at radius 1 is 1.15 bits per heavy atom. The van der Waals surface area contributed by atoms with E-state index in [1.165, 1.54) is 16.0 Å². The molecule has 2 aliphatic rings. The van der Waals surface area contributed by atoms with Gasteiger partial charge in [0.25, 0.3) is 5.69 Å². The Labute approximate surface area is 159 Å². The molecule has 4 rings (SSSR count). The van der Waals surface area contributed by atoms with Crippen molar-refractivity contribution < 1.29 is 19.5 Å². The Hall–Kier alpha value is -2.44. The summed E-state index contributed by atoms with van der Waals surface area (Å²) in [5.41, 5.74) is 3.98. The first-order chi connectivity index (χ1) is 13.1. The fourth-order valence-electron chi connectivity index (χ4n) is 4.32. The second kappa shape index (κ2) is 7.66. The van der Waals surface area contributed by atoms with E-state index in [9.17, 15) is 10.1 Å². The van der Waals surface area contributed by atoms with E-state index in [4.69, 9.17) is 4.74 Å². The minimum absolute atomic E-state index is 0.184. The van der Waals surface area contributed by atoms with Crippen LogP contribution >= 0.6 is 0 Å². The smallest absolute Gasteiger partial charge is 0.269 e. The van der Waals surface area contributed by atoms with Gasteiger partial charge in [-0.05, 0) is 30.7 Å². The monoisotopic (exact) mass is 369 g/mol. The zero-order valence-corrected chi connectivity index (χ0v) is 15.7. The van der Waals surface area contributed by atoms with E-state index in [1.54, 1.807) is 23.1 Å². The van der Waals surface area contributed by atoms with Gasteiger partial charge in [-0.25, -0.2) is 0 Å². The predicted octanol–water partition coefficient (Wildman–Crippen LogP) is 0.574. The number of nitrogens with zero attached hydrogens (tertiary/aromatic N) is 1. The van der Waals surface area contributed by atoms with Gasteiger partial charge in [-0.15, -0.1) is 0 Å². The highest BCUT2D eigenvalue weighted by Crippen LogP contribution is 2.25. The molecule has 0 saturated carbocycles. The predicted molar refractivity (Wildman–Crippen MR) is 102 cm³/mol. The molecule has 2 heterocycles. The van der Waals surface area contributed by atoms with Gasteiger partial charge < -0.3 is 14.5 Å². The van der Waals surface area contributed by atoms with Crippen LogP contribution in [0.5, 0.6) is 5.75 Å². The van der Waals surface area contributed by atoms with Gasteiger partial charge in [0, 0.05) is 29.7 Å². The molecule has 6 heteroatoms. The lowest BCUT2D eigenvalue weighted by molar-refractivity contribution is -1.03. The van der Waals surface area contributed by atoms with Crippen LogP contribution in [0.25, 0.3) is 0 Å². The summed E-state index contributed by atoms with van der Waals surface area (Å²) in [4.78, 5) is 13.8. The van der Waals surface area contributed by atoms with Crippen LogP contribution in [0.2, 0.25) is 0 Å². The highest BCUT2D eigenvalue weighted by Gasteiger charge is 2.28. The number of fused-ring (bicyclic) bond motifs is 1. The van der Waals surface area contributed by atoms with Crippen LogP contribution in [0.3, 0.4) is 0 Å². The molecule has 2 aliphatic heterocycles. The summed E-state index contributed by atoms with van der Waals surface area (Å²) in [6.45, 7) is 8.49. The van der Waals surface area contributed by atoms with Crippen LogP contribution in [-0.2, 0) is 13.0 Å². The van der Waals surface area contributed by atoms with E-state index in [0.29, 0.717) is 0 Å². The van der Waals surface area contributed by atoms with E-state index < -0.39 is 0 Å². The molecule has 1 atom stereocenters. The van der Waals surface area contributed by atoms with Crippen LogP contribution in [0.1, 0.15) is 29.7 Å². The number of nitro groups is 1. The van der Waals surface area contributed by atoms with Gasteiger partial charge in [0.15, 0.2) is 0 Å². The lowest BCUT2D eigenvalue weighted by Gasteiger charge is -2.33. The number of ether oxygens (including phenoxy) is 1. The largest absolute Gasteiger partial charge is 0.493 e. The van der Waals surface area contributed by atoms with Crippen LogP contribution < -0.4 is 14.5 Å². The number of benzene rings is 2. The first-order valence-corrected chi connectivity index (χ1v) is 9.77. The van der Waals surface area contributed by atoms with Gasteiger partial charge in [0.2, 0.25) is 0 Å². The summed E-state index contributed by atoms with van der Waals surface area (Å²) < 4.78 is 5.60. The first kappa shape index (κ1) is 17.9. The molecule has 6 nitrogen and oxygen atoms in total. The average Bonchev–Trinajstić information content (AvgIpc) is 3.16. The molecule has 2 aromatic carbocycles. The molecule has 2 aromatic rings. The van der Waals surface area contributed by atoms with E-state index >= 15 is 0 Å². The van der Waals surface area contributed by atoms with Crippen molar-refractivity contribution in [2.45, 2.75) is 25.9 Å². The lowest BCUT2D eigenvalue weighted by atomic mass is 10.0. The number of rotatable bonds is 5. The molecule has 0 spiro atoms. The Kier molecular flexibility index (Phi) is 5.09. The SMILES string of the molecule is C[C@@H](c1cccc([N+](=O)[O-])c1)[NH+]1CC[NH+](Cc2ccc3c(c2)CCO3)CC1. The van der Waals surface area contributed by atoms with Crippen molar-refractivity contribution in [2.24, 2.45) is 0 Å². The van der Waals surface area contributed by atoms with Crippen molar-refractivity contribution in [3.05, 3.63) is 69.3 Å². The number of piperazine rings is 1. The molecule has 142 valence electrons. The fraction of sp³-hybridized carbons (Fsp3) is 0.429. The quantitative estimate of drug-likeness (QED) is 0.599. The lowest BCUT2D eigenvalue weighted by Crippen LogP contribution is -3.27. The summed E-state index contributed by atoms with van der Waals surface area (Å²) in [7, 11) is 0. The summed E-state index contributed by atoms with van der Waals surface area (Å²) >= 11 is 0. The Morgan fingerprint density at radius 2 is 1.96 bits per heavy atom. The summed E-state index contributed by atoms with van der Waals surface area (Å²) in [5, 5.41) is 11.0. The van der Waals surface area contributed by atoms with Gasteiger partial charge in [-0.2, -0.15) is 0 Å². The maximum absolute atomic E-state index is 11.0. The number of non-ortho nitro benzene ring substituents is 1. The highest BCUT2D eigenvalue weighted by molar-refractivity contribution is 5.39. The number of hydrogen-bond donors (Lipinski definition) is 2. The molecule has 0 unspecified atom stereocenters. The van der Waals surface area contributed by atoms with E-state index in [-0.39, 0.29) is 16.7 Å². The molecule has 0 radical (unpaired) electrons. The van der Waals surface area contributed by atoms with Crippen molar-refractivity contribution in [1.29, 1.82) is 0 Å². The normalized spacial score (nSPS) is 22.7. The summed E-state index contributed by atoms with van der Waals surface area (Å²) in [6.07, 6.45) is 1.02. The van der Waals surface area contributed by atoms with Crippen LogP contribution in [0, 0.1) is 10.1 Å². The summed E-state index contributed by atoms with van der Waals surface area (Å²) in [6, 6.07) is 14.0. The fourth-order valence-corrected chi connectivity index (χ4v) is 4.32. The molecule has 1 fully saturated rings. The van der Waals surface area contributed by atoms with E-state index in [0.717, 1.165) is 57.1 Å². The maximum Gasteiger partial charge on any atom is 0.269 e. The second-order valence-electron chi connectivity index (χ2n) is 7.70. The zero-order chi connectivity index (χ0) is 18.8. The molecular weight excluding hydrogens is 342 g/mol. The third-order valence-corrected chi connectivity index (χ3v) is 6.00. The molecule has 0 amide bonds. The Balaban J connectivity index is 1.34. The van der Waals surface area contributed by atoms with E-state index in [2.05, 4.69) is 25.1 Å². The minimum Gasteiger partial charge on any atom is -0.493 e. The molecular formula is C21H27N3O3+2. The molecule has 0 aromatic heterocycles. The number of nitro benzene ring substituents is 1. The van der Waals surface area contributed by atoms with Crippen molar-refractivity contribution in [2.75, 3.05) is 32.8 Å². The van der Waals surface area contributed by atoms with Gasteiger partial charge in [0.1, 0.15) is 44.5 Å². The Bertz CT molecular complexity index is 831. The van der Waals surface area contributed by atoms with Gasteiger partial charge >= 0.3 is 0 Å². The molecule has 1 saturated heterocycles. The van der Waals surface area contributed by atoms with Gasteiger partial charge in [-0.3, -0.25) is 10.1 Å². The minimum atomic E-state index is -0.310. The second-order valence-corrected chi connectivity index (χ2v) is 7.70. The maximum atomic E-state index is 11.0. The molecule has 27 heavy (non-hydrogen) atoms. The van der Waals surface area contributed by atoms with Crippen LogP contribution in [-0.4, -0.2) is 37.7 Å². The van der Waals surface area contributed by atoms with Crippen molar-refractivity contribution in [3.63, 3.8) is 0 Å². The highest BCUT2D eigenvalue weighted by atomic mass is 16.6. The van der Waals surface area contributed by atoms with E-state index in [1.807, 2.05) is 6.07 Å². The van der Waals surface area contributed by atoms with Crippen molar-refractivity contribution >= 4 is 5.69 Å². The number of quaternary nitrogens is 2. The first-order valence-electron chi connectivity index (χ1n) is 9.77. The summed E-state index contributed by atoms with van der Waals surface area (Å²) in [5.74, 6) is 1.05. The van der Waals surface area contributed by atoms with Gasteiger partial charge in [-0.1, -0.05) is 12.1 Å². The zero-order valence-electron chi connectivity index (χ0n) is 15.7. The third kappa shape index (κ3) is 3.96. The van der Waals surface area contributed by atoms with Crippen LogP contribution in [0.4, 0.5) is 5.69 Å². The van der Waals surface area contributed by atoms with Crippen LogP contribution in [0.15, 0.2) is 42.5 Å². The standard InChI is InChI=1S/C21H25N3O3/c1-16(18-3-2-4-20(14-18)24(25)26)23-10-8-22(9-11-23)15-17-5-6-21-19(13-17)7-12-27-21/h2-6,13-14,16H,7-12,15H2,1H3/p+2/t16-/m0/s1. The van der Waals surface area contributed by atoms with Crippen molar-refractivity contribution in [1.82, 2.24) is 0 Å². The molecule has 0 aliphatic carbocycles. The molecule has 0 bridgehead atoms. The third-order valence-electron chi connectivity index (χ3n) is 6.00. The number of nitrogens with one attached hydrogen (secondary N) is 2. The van der Waals surface area contributed by atoms with Crippen molar-refractivity contribution in [3.8, 4) is 5.75 Å². The Morgan fingerprint density at radius 3 is 2.74 bits per heavy atom. The topological polar surface area (TPSA) is 61.2 Å². The number of hydrogen-bond acceptors (Lipinski definition) is 3. The average molecular weight is 369 g/mol.